The Morgan fingerprint density at radius 3 is 2.64 bits per heavy atom. The second-order valence-electron chi connectivity index (χ2n) is 5.98. The third-order valence-electron chi connectivity index (χ3n) is 4.18. The first-order valence-electron chi connectivity index (χ1n) is 8.10. The molecule has 0 aliphatic carbocycles. The van der Waals surface area contributed by atoms with E-state index in [0.717, 1.165) is 29.7 Å². The van der Waals surface area contributed by atoms with Gasteiger partial charge in [-0.25, -0.2) is 0 Å². The van der Waals surface area contributed by atoms with Crippen LogP contribution in [0.4, 0.5) is 13.2 Å². The number of halogens is 3. The molecule has 1 aromatic carbocycles. The minimum absolute atomic E-state index is 0.352. The first kappa shape index (κ1) is 18.9. The Bertz CT molecular complexity index is 779. The number of alkyl halides is 3. The maximum atomic E-state index is 12.8. The van der Waals surface area contributed by atoms with Crippen LogP contribution in [0.2, 0.25) is 0 Å². The first-order valence-corrected chi connectivity index (χ1v) is 8.10. The molecule has 0 aromatic heterocycles. The molecule has 0 bridgehead atoms. The summed E-state index contributed by atoms with van der Waals surface area (Å²) in [6.45, 7) is 5.78. The van der Waals surface area contributed by atoms with Crippen LogP contribution in [0, 0.1) is 11.3 Å². The Kier molecular flexibility index (Phi) is 5.73. The maximum Gasteiger partial charge on any atom is 0.416 e. The molecule has 1 aliphatic heterocycles. The summed E-state index contributed by atoms with van der Waals surface area (Å²) in [5, 5.41) is 9.30. The number of nitriles is 1. The number of hydrogen-bond acceptors (Lipinski definition) is 2. The molecule has 0 amide bonds. The van der Waals surface area contributed by atoms with E-state index in [1.807, 2.05) is 32.9 Å². The highest BCUT2D eigenvalue weighted by molar-refractivity contribution is 5.47. The molecular weight excluding hydrogens is 327 g/mol. The second-order valence-corrected chi connectivity index (χ2v) is 5.98. The van der Waals surface area contributed by atoms with Gasteiger partial charge in [-0.2, -0.15) is 18.4 Å². The van der Waals surface area contributed by atoms with Crippen molar-refractivity contribution in [2.45, 2.75) is 45.9 Å². The number of allylic oxidation sites excluding steroid dienone is 4. The van der Waals surface area contributed by atoms with Crippen molar-refractivity contribution in [3.8, 4) is 11.8 Å². The van der Waals surface area contributed by atoms with Crippen molar-refractivity contribution in [3.63, 3.8) is 0 Å². The van der Waals surface area contributed by atoms with Crippen LogP contribution in [-0.2, 0) is 12.6 Å². The molecule has 1 atom stereocenters. The van der Waals surface area contributed by atoms with E-state index in [2.05, 4.69) is 6.07 Å². The molecule has 1 aliphatic rings. The summed E-state index contributed by atoms with van der Waals surface area (Å²) in [5.41, 5.74) is 2.22. The van der Waals surface area contributed by atoms with Gasteiger partial charge in [0.05, 0.1) is 17.2 Å². The highest BCUT2D eigenvalue weighted by atomic mass is 19.4. The van der Waals surface area contributed by atoms with Crippen molar-refractivity contribution >= 4 is 0 Å². The van der Waals surface area contributed by atoms with Crippen molar-refractivity contribution in [1.82, 2.24) is 0 Å². The Labute approximate surface area is 145 Å². The highest BCUT2D eigenvalue weighted by Gasteiger charge is 2.33. The Hall–Kier alpha value is -2.48. The molecule has 2 rings (SSSR count). The lowest BCUT2D eigenvalue weighted by molar-refractivity contribution is -0.137. The van der Waals surface area contributed by atoms with Gasteiger partial charge in [-0.15, -0.1) is 0 Å². The standard InChI is InChI=1S/C20H20F3NO/c1-4-13(3)8-14(12-24)9-15(5-2)19-11-16-10-17(20(21,22)23)6-7-18(16)25-19/h5-10,19H,4,11H2,1-3H3/b13-8-,14-9+,15-5+. The minimum Gasteiger partial charge on any atom is -0.485 e. The third-order valence-corrected chi connectivity index (χ3v) is 4.18. The Balaban J connectivity index is 2.26. The fraction of sp³-hybridized carbons (Fsp3) is 0.350. The van der Waals surface area contributed by atoms with Gasteiger partial charge in [-0.05, 0) is 61.8 Å². The second kappa shape index (κ2) is 7.60. The van der Waals surface area contributed by atoms with Gasteiger partial charge in [0.2, 0.25) is 0 Å². The van der Waals surface area contributed by atoms with Crippen molar-refractivity contribution in [3.05, 3.63) is 64.3 Å². The van der Waals surface area contributed by atoms with Crippen molar-refractivity contribution < 1.29 is 17.9 Å². The van der Waals surface area contributed by atoms with Gasteiger partial charge in [0, 0.05) is 6.42 Å². The predicted molar refractivity (Wildman–Crippen MR) is 91.1 cm³/mol. The van der Waals surface area contributed by atoms with Crippen LogP contribution in [0.5, 0.6) is 5.75 Å². The predicted octanol–water partition coefficient (Wildman–Crippen LogP) is 5.76. The topological polar surface area (TPSA) is 33.0 Å². The number of rotatable bonds is 4. The van der Waals surface area contributed by atoms with E-state index in [4.69, 9.17) is 4.74 Å². The molecule has 0 spiro atoms. The van der Waals surface area contributed by atoms with Crippen LogP contribution in [0.15, 0.2) is 53.1 Å². The molecule has 0 saturated carbocycles. The van der Waals surface area contributed by atoms with E-state index >= 15 is 0 Å². The fourth-order valence-electron chi connectivity index (χ4n) is 2.63. The van der Waals surface area contributed by atoms with E-state index in [1.54, 1.807) is 6.08 Å². The van der Waals surface area contributed by atoms with Gasteiger partial charge in [-0.1, -0.05) is 18.6 Å². The first-order chi connectivity index (χ1) is 11.8. The summed E-state index contributed by atoms with van der Waals surface area (Å²) < 4.78 is 44.3. The van der Waals surface area contributed by atoms with Crippen molar-refractivity contribution in [2.75, 3.05) is 0 Å². The molecule has 25 heavy (non-hydrogen) atoms. The third kappa shape index (κ3) is 4.54. The summed E-state index contributed by atoms with van der Waals surface area (Å²) in [7, 11) is 0. The van der Waals surface area contributed by atoms with Gasteiger partial charge in [0.25, 0.3) is 0 Å². The molecule has 1 unspecified atom stereocenters. The molecule has 1 heterocycles. The molecule has 0 N–H and O–H groups in total. The number of fused-ring (bicyclic) bond motifs is 1. The Morgan fingerprint density at radius 1 is 1.36 bits per heavy atom. The van der Waals surface area contributed by atoms with E-state index in [1.165, 1.54) is 6.07 Å². The van der Waals surface area contributed by atoms with Crippen LogP contribution in [-0.4, -0.2) is 6.10 Å². The van der Waals surface area contributed by atoms with E-state index in [9.17, 15) is 18.4 Å². The summed E-state index contributed by atoms with van der Waals surface area (Å²) in [6.07, 6.45) is 1.82. The molecule has 132 valence electrons. The summed E-state index contributed by atoms with van der Waals surface area (Å²) >= 11 is 0. The van der Waals surface area contributed by atoms with Crippen molar-refractivity contribution in [1.29, 1.82) is 5.26 Å². The van der Waals surface area contributed by atoms with Crippen LogP contribution < -0.4 is 4.74 Å². The van der Waals surface area contributed by atoms with Crippen LogP contribution in [0.25, 0.3) is 0 Å². The lowest BCUT2D eigenvalue weighted by Gasteiger charge is -2.12. The minimum atomic E-state index is -4.37. The Morgan fingerprint density at radius 2 is 2.08 bits per heavy atom. The lowest BCUT2D eigenvalue weighted by Crippen LogP contribution is -2.15. The number of hydrogen-bond donors (Lipinski definition) is 0. The molecule has 0 radical (unpaired) electrons. The lowest BCUT2D eigenvalue weighted by atomic mass is 9.99. The normalized spacial score (nSPS) is 18.6. The fourth-order valence-corrected chi connectivity index (χ4v) is 2.63. The average Bonchev–Trinajstić information content (AvgIpc) is 3.00. The zero-order valence-electron chi connectivity index (χ0n) is 14.4. The number of ether oxygens (including phenoxy) is 1. The van der Waals surface area contributed by atoms with Gasteiger partial charge < -0.3 is 4.74 Å². The van der Waals surface area contributed by atoms with Gasteiger partial charge in [0.1, 0.15) is 11.9 Å². The molecular formula is C20H20F3NO. The molecule has 1 aromatic rings. The smallest absolute Gasteiger partial charge is 0.416 e. The van der Waals surface area contributed by atoms with Crippen molar-refractivity contribution in [2.24, 2.45) is 0 Å². The number of benzene rings is 1. The van der Waals surface area contributed by atoms with Gasteiger partial charge in [-0.3, -0.25) is 0 Å². The molecule has 2 nitrogen and oxygen atoms in total. The molecule has 0 saturated heterocycles. The summed E-state index contributed by atoms with van der Waals surface area (Å²) in [5.74, 6) is 0.463. The monoisotopic (exact) mass is 347 g/mol. The van der Waals surface area contributed by atoms with E-state index < -0.39 is 11.7 Å². The largest absolute Gasteiger partial charge is 0.485 e. The quantitative estimate of drug-likeness (QED) is 0.512. The van der Waals surface area contributed by atoms with Crippen LogP contribution in [0.1, 0.15) is 38.3 Å². The zero-order chi connectivity index (χ0) is 18.6. The van der Waals surface area contributed by atoms with E-state index in [-0.39, 0.29) is 6.10 Å². The molecule has 5 heteroatoms. The average molecular weight is 347 g/mol. The SMILES string of the molecule is C\C=C(/C=C(C#N)\C=C(\C)CC)C1Cc2cc(C(F)(F)F)ccc2O1. The van der Waals surface area contributed by atoms with E-state index in [0.29, 0.717) is 23.3 Å². The highest BCUT2D eigenvalue weighted by Crippen LogP contribution is 2.37. The number of nitrogens with zero attached hydrogens (tertiary/aromatic N) is 1. The van der Waals surface area contributed by atoms with Crippen LogP contribution in [0.3, 0.4) is 0 Å². The van der Waals surface area contributed by atoms with Crippen LogP contribution >= 0.6 is 0 Å². The zero-order valence-corrected chi connectivity index (χ0v) is 14.4. The summed E-state index contributed by atoms with van der Waals surface area (Å²) in [6, 6.07) is 5.67. The molecule has 0 fully saturated rings. The maximum absolute atomic E-state index is 12.8. The summed E-state index contributed by atoms with van der Waals surface area (Å²) in [4.78, 5) is 0. The van der Waals surface area contributed by atoms with Gasteiger partial charge >= 0.3 is 6.18 Å². The van der Waals surface area contributed by atoms with Gasteiger partial charge in [0.15, 0.2) is 0 Å².